The van der Waals surface area contributed by atoms with Gasteiger partial charge in [0.1, 0.15) is 0 Å². The molecule has 1 fully saturated rings. The van der Waals surface area contributed by atoms with E-state index in [-0.39, 0.29) is 5.54 Å². The Balaban J connectivity index is 1.82. The normalized spacial score (nSPS) is 17.9. The highest BCUT2D eigenvalue weighted by molar-refractivity contribution is 5.31. The number of fused-ring (bicyclic) bond motifs is 1. The maximum atomic E-state index is 6.06. The molecule has 1 aliphatic rings. The molecular weight excluding hydrogens is 200 g/mol. The molecule has 0 bridgehead atoms. The van der Waals surface area contributed by atoms with Crippen LogP contribution in [-0.2, 0) is 6.42 Å². The zero-order valence-electron chi connectivity index (χ0n) is 9.48. The second kappa shape index (κ2) is 3.28. The quantitative estimate of drug-likeness (QED) is 0.845. The van der Waals surface area contributed by atoms with E-state index in [9.17, 15) is 0 Å². The Morgan fingerprint density at radius 2 is 2.25 bits per heavy atom. The van der Waals surface area contributed by atoms with Gasteiger partial charge in [-0.15, -0.1) is 0 Å². The Hall–Kier alpha value is -1.42. The molecule has 0 atom stereocenters. The minimum Gasteiger partial charge on any atom is -0.325 e. The summed E-state index contributed by atoms with van der Waals surface area (Å²) in [5.74, 6) is 0.780. The van der Waals surface area contributed by atoms with Crippen molar-refractivity contribution in [2.45, 2.75) is 38.1 Å². The zero-order chi connectivity index (χ0) is 11.2. The summed E-state index contributed by atoms with van der Waals surface area (Å²) < 4.78 is 1.99. The first-order valence-corrected chi connectivity index (χ1v) is 5.74. The third-order valence-corrected chi connectivity index (χ3v) is 3.26. The average molecular weight is 216 g/mol. The predicted molar refractivity (Wildman–Crippen MR) is 62.2 cm³/mol. The van der Waals surface area contributed by atoms with Crippen LogP contribution in [0.2, 0.25) is 0 Å². The van der Waals surface area contributed by atoms with E-state index in [1.54, 1.807) is 0 Å². The summed E-state index contributed by atoms with van der Waals surface area (Å²) in [5.41, 5.74) is 8.41. The number of hydrogen-bond donors (Lipinski definition) is 1. The van der Waals surface area contributed by atoms with Crippen molar-refractivity contribution in [1.82, 2.24) is 14.4 Å². The molecule has 2 aromatic rings. The number of imidazole rings is 1. The summed E-state index contributed by atoms with van der Waals surface area (Å²) in [5, 5.41) is 0. The fraction of sp³-hybridized carbons (Fsp3) is 0.500. The molecule has 0 aliphatic heterocycles. The number of nitrogens with two attached hydrogens (primary N) is 1. The largest absolute Gasteiger partial charge is 0.325 e. The molecule has 2 aromatic heterocycles. The standard InChI is InChI=1S/C12H16N4/c1-9-6-14-11-15-10(8-16(11)7-9)2-3-12(13)4-5-12/h6-8H,2-5,13H2,1H3. The van der Waals surface area contributed by atoms with Crippen LogP contribution in [0.3, 0.4) is 0 Å². The molecule has 1 aliphatic carbocycles. The lowest BCUT2D eigenvalue weighted by Gasteiger charge is -2.04. The SMILES string of the molecule is Cc1cnc2nc(CCC3(N)CC3)cn2c1. The van der Waals surface area contributed by atoms with Crippen LogP contribution in [0, 0.1) is 6.92 Å². The van der Waals surface area contributed by atoms with Crippen LogP contribution in [-0.4, -0.2) is 19.9 Å². The number of hydrogen-bond acceptors (Lipinski definition) is 3. The third kappa shape index (κ3) is 1.80. The van der Waals surface area contributed by atoms with Crippen LogP contribution >= 0.6 is 0 Å². The van der Waals surface area contributed by atoms with E-state index < -0.39 is 0 Å². The molecule has 0 radical (unpaired) electrons. The van der Waals surface area contributed by atoms with E-state index in [0.29, 0.717) is 0 Å². The summed E-state index contributed by atoms with van der Waals surface area (Å²) in [6.07, 6.45) is 10.3. The van der Waals surface area contributed by atoms with Crippen molar-refractivity contribution >= 4 is 5.78 Å². The minimum atomic E-state index is 0.110. The summed E-state index contributed by atoms with van der Waals surface area (Å²) in [6.45, 7) is 2.03. The van der Waals surface area contributed by atoms with Gasteiger partial charge in [0.15, 0.2) is 0 Å². The van der Waals surface area contributed by atoms with Gasteiger partial charge in [-0.2, -0.15) is 0 Å². The van der Waals surface area contributed by atoms with Gasteiger partial charge < -0.3 is 5.73 Å². The van der Waals surface area contributed by atoms with Gasteiger partial charge in [0.25, 0.3) is 0 Å². The topological polar surface area (TPSA) is 56.2 Å². The van der Waals surface area contributed by atoms with Gasteiger partial charge in [-0.05, 0) is 38.2 Å². The second-order valence-electron chi connectivity index (χ2n) is 4.93. The van der Waals surface area contributed by atoms with Crippen molar-refractivity contribution < 1.29 is 0 Å². The first-order chi connectivity index (χ1) is 7.65. The van der Waals surface area contributed by atoms with Crippen molar-refractivity contribution in [2.75, 3.05) is 0 Å². The van der Waals surface area contributed by atoms with Gasteiger partial charge in [0.2, 0.25) is 5.78 Å². The molecule has 3 rings (SSSR count). The van der Waals surface area contributed by atoms with E-state index in [1.165, 1.54) is 0 Å². The summed E-state index contributed by atoms with van der Waals surface area (Å²) in [4.78, 5) is 8.76. The predicted octanol–water partition coefficient (Wildman–Crippen LogP) is 1.46. The van der Waals surface area contributed by atoms with Crippen molar-refractivity contribution in [3.05, 3.63) is 29.8 Å². The van der Waals surface area contributed by atoms with Gasteiger partial charge in [-0.1, -0.05) is 0 Å². The Bertz CT molecular complexity index is 525. The van der Waals surface area contributed by atoms with E-state index >= 15 is 0 Å². The Morgan fingerprint density at radius 1 is 1.44 bits per heavy atom. The lowest BCUT2D eigenvalue weighted by molar-refractivity contribution is 0.604. The fourth-order valence-electron chi connectivity index (χ4n) is 1.94. The number of aryl methyl sites for hydroxylation is 2. The molecule has 0 spiro atoms. The number of rotatable bonds is 3. The van der Waals surface area contributed by atoms with Crippen LogP contribution in [0.1, 0.15) is 30.5 Å². The average Bonchev–Trinajstić information content (AvgIpc) is 2.85. The molecule has 0 amide bonds. The van der Waals surface area contributed by atoms with Crippen LogP contribution < -0.4 is 5.73 Å². The molecule has 1 saturated carbocycles. The van der Waals surface area contributed by atoms with Crippen LogP contribution in [0.15, 0.2) is 18.6 Å². The Kier molecular flexibility index (Phi) is 2.01. The molecule has 2 N–H and O–H groups in total. The Morgan fingerprint density at radius 3 is 3.00 bits per heavy atom. The molecule has 4 heteroatoms. The molecule has 16 heavy (non-hydrogen) atoms. The van der Waals surface area contributed by atoms with Crippen molar-refractivity contribution in [3.63, 3.8) is 0 Å². The van der Waals surface area contributed by atoms with Crippen LogP contribution in [0.5, 0.6) is 0 Å². The molecule has 2 heterocycles. The van der Waals surface area contributed by atoms with Crippen LogP contribution in [0.25, 0.3) is 5.78 Å². The Labute approximate surface area is 94.5 Å². The monoisotopic (exact) mass is 216 g/mol. The van der Waals surface area contributed by atoms with Gasteiger partial charge in [-0.3, -0.25) is 4.40 Å². The van der Waals surface area contributed by atoms with Crippen molar-refractivity contribution in [1.29, 1.82) is 0 Å². The van der Waals surface area contributed by atoms with Crippen molar-refractivity contribution in [2.24, 2.45) is 5.73 Å². The summed E-state index contributed by atoms with van der Waals surface area (Å²) in [7, 11) is 0. The maximum Gasteiger partial charge on any atom is 0.233 e. The van der Waals surface area contributed by atoms with E-state index in [2.05, 4.69) is 16.2 Å². The highest BCUT2D eigenvalue weighted by Gasteiger charge is 2.37. The number of aromatic nitrogens is 3. The van der Waals surface area contributed by atoms with Gasteiger partial charge in [0.05, 0.1) is 5.69 Å². The zero-order valence-corrected chi connectivity index (χ0v) is 9.48. The molecule has 0 saturated heterocycles. The fourth-order valence-corrected chi connectivity index (χ4v) is 1.94. The number of nitrogens with zero attached hydrogens (tertiary/aromatic N) is 3. The minimum absolute atomic E-state index is 0.110. The molecule has 4 nitrogen and oxygen atoms in total. The lowest BCUT2D eigenvalue weighted by Crippen LogP contribution is -2.22. The highest BCUT2D eigenvalue weighted by Crippen LogP contribution is 2.36. The van der Waals surface area contributed by atoms with Crippen molar-refractivity contribution in [3.8, 4) is 0 Å². The van der Waals surface area contributed by atoms with Gasteiger partial charge in [-0.25, -0.2) is 9.97 Å². The highest BCUT2D eigenvalue weighted by atomic mass is 15.1. The van der Waals surface area contributed by atoms with Gasteiger partial charge >= 0.3 is 0 Å². The second-order valence-corrected chi connectivity index (χ2v) is 4.93. The van der Waals surface area contributed by atoms with E-state index in [4.69, 9.17) is 5.73 Å². The lowest BCUT2D eigenvalue weighted by atomic mass is 10.1. The summed E-state index contributed by atoms with van der Waals surface area (Å²) in [6, 6.07) is 0. The summed E-state index contributed by atoms with van der Waals surface area (Å²) >= 11 is 0. The first kappa shape index (κ1) is 9.78. The molecule has 84 valence electrons. The molecular formula is C12H16N4. The first-order valence-electron chi connectivity index (χ1n) is 5.74. The van der Waals surface area contributed by atoms with Crippen LogP contribution in [0.4, 0.5) is 0 Å². The smallest absolute Gasteiger partial charge is 0.233 e. The maximum absolute atomic E-state index is 6.06. The van der Waals surface area contributed by atoms with E-state index in [0.717, 1.165) is 42.7 Å². The van der Waals surface area contributed by atoms with E-state index in [1.807, 2.05) is 23.7 Å². The van der Waals surface area contributed by atoms with Gasteiger partial charge in [0, 0.05) is 24.1 Å². The molecule has 0 unspecified atom stereocenters. The molecule has 0 aromatic carbocycles. The third-order valence-electron chi connectivity index (χ3n) is 3.26.